The summed E-state index contributed by atoms with van der Waals surface area (Å²) in [6.45, 7) is 0.890. The van der Waals surface area contributed by atoms with Crippen LogP contribution in [-0.4, -0.2) is 6.04 Å². The molecule has 1 aliphatic carbocycles. The predicted octanol–water partition coefficient (Wildman–Crippen LogP) is 5.62. The third-order valence-corrected chi connectivity index (χ3v) is 4.42. The lowest BCUT2D eigenvalue weighted by molar-refractivity contribution is 0.389. The molecule has 0 unspecified atom stereocenters. The predicted molar refractivity (Wildman–Crippen MR) is 86.7 cm³/mol. The van der Waals surface area contributed by atoms with Gasteiger partial charge < -0.3 is 5.32 Å². The summed E-state index contributed by atoms with van der Waals surface area (Å²) in [7, 11) is 0. The summed E-state index contributed by atoms with van der Waals surface area (Å²) in [6, 6.07) is 6.54. The highest BCUT2D eigenvalue weighted by Gasteiger charge is 2.10. The second kappa shape index (κ2) is 9.07. The van der Waals surface area contributed by atoms with Gasteiger partial charge in [0.25, 0.3) is 0 Å². The second-order valence-corrected chi connectivity index (χ2v) is 5.99. The van der Waals surface area contributed by atoms with Crippen LogP contribution in [0, 0.1) is 0 Å². The lowest BCUT2D eigenvalue weighted by Gasteiger charge is -2.21. The van der Waals surface area contributed by atoms with Crippen LogP contribution >= 0.6 is 35.6 Å². The number of halogens is 3. The largest absolute Gasteiger partial charge is 0.310 e. The zero-order valence-electron chi connectivity index (χ0n) is 11.1. The fraction of sp³-hybridized carbons (Fsp3) is 0.600. The molecule has 0 saturated heterocycles. The van der Waals surface area contributed by atoms with Crippen LogP contribution in [0.5, 0.6) is 0 Å². The summed E-state index contributed by atoms with van der Waals surface area (Å²) >= 11 is 11.9. The molecule has 1 saturated carbocycles. The van der Waals surface area contributed by atoms with Gasteiger partial charge in [0.05, 0.1) is 10.0 Å². The van der Waals surface area contributed by atoms with Crippen LogP contribution in [0.3, 0.4) is 0 Å². The van der Waals surface area contributed by atoms with Gasteiger partial charge in [0.2, 0.25) is 0 Å². The zero-order chi connectivity index (χ0) is 12.8. The molecule has 1 N–H and O–H groups in total. The number of hydrogen-bond donors (Lipinski definition) is 1. The Morgan fingerprint density at radius 3 is 2.21 bits per heavy atom. The van der Waals surface area contributed by atoms with Gasteiger partial charge >= 0.3 is 0 Å². The van der Waals surface area contributed by atoms with E-state index in [0.29, 0.717) is 16.1 Å². The molecule has 1 nitrogen and oxygen atoms in total. The van der Waals surface area contributed by atoms with Gasteiger partial charge in [0.15, 0.2) is 0 Å². The molecule has 0 aromatic heterocycles. The molecule has 0 heterocycles. The average molecular weight is 323 g/mol. The highest BCUT2D eigenvalue weighted by molar-refractivity contribution is 6.42. The Hall–Kier alpha value is 0.0500. The Morgan fingerprint density at radius 1 is 0.947 bits per heavy atom. The first-order valence-electron chi connectivity index (χ1n) is 6.93. The van der Waals surface area contributed by atoms with E-state index in [-0.39, 0.29) is 12.4 Å². The van der Waals surface area contributed by atoms with Gasteiger partial charge in [-0.25, -0.2) is 0 Å². The molecule has 108 valence electrons. The number of benzene rings is 1. The fourth-order valence-electron chi connectivity index (χ4n) is 2.57. The Balaban J connectivity index is 0.00000180. The number of hydrogen-bond acceptors (Lipinski definition) is 1. The molecule has 0 radical (unpaired) electrons. The molecule has 1 aromatic rings. The quantitative estimate of drug-likeness (QED) is 0.761. The van der Waals surface area contributed by atoms with Crippen molar-refractivity contribution in [3.05, 3.63) is 33.8 Å². The van der Waals surface area contributed by atoms with Crippen molar-refractivity contribution in [3.63, 3.8) is 0 Å². The first-order chi connectivity index (χ1) is 8.75. The minimum Gasteiger partial charge on any atom is -0.310 e. The van der Waals surface area contributed by atoms with E-state index >= 15 is 0 Å². The Bertz CT molecular complexity index is 374. The summed E-state index contributed by atoms with van der Waals surface area (Å²) in [4.78, 5) is 0. The van der Waals surface area contributed by atoms with Crippen molar-refractivity contribution in [3.8, 4) is 0 Å². The highest BCUT2D eigenvalue weighted by atomic mass is 35.5. The van der Waals surface area contributed by atoms with Gasteiger partial charge in [0.1, 0.15) is 0 Å². The number of nitrogens with one attached hydrogen (secondary N) is 1. The lowest BCUT2D eigenvalue weighted by Crippen LogP contribution is -2.29. The van der Waals surface area contributed by atoms with Crippen LogP contribution in [0.4, 0.5) is 0 Å². The van der Waals surface area contributed by atoms with Crippen LogP contribution in [0.2, 0.25) is 10.0 Å². The molecule has 1 fully saturated rings. The number of rotatable bonds is 3. The summed E-state index contributed by atoms with van der Waals surface area (Å²) in [5.41, 5.74) is 1.21. The van der Waals surface area contributed by atoms with Gasteiger partial charge in [-0.05, 0) is 30.5 Å². The van der Waals surface area contributed by atoms with Crippen molar-refractivity contribution in [2.45, 2.75) is 57.5 Å². The van der Waals surface area contributed by atoms with Crippen molar-refractivity contribution in [2.24, 2.45) is 0 Å². The van der Waals surface area contributed by atoms with Gasteiger partial charge in [-0.15, -0.1) is 12.4 Å². The van der Waals surface area contributed by atoms with Crippen LogP contribution in [-0.2, 0) is 6.54 Å². The maximum absolute atomic E-state index is 6.02. The maximum Gasteiger partial charge on any atom is 0.0595 e. The lowest BCUT2D eigenvalue weighted by atomic mass is 9.96. The van der Waals surface area contributed by atoms with E-state index in [1.165, 1.54) is 50.5 Å². The SMILES string of the molecule is Cl.Clc1ccc(CNC2CCCCCCC2)cc1Cl. The Morgan fingerprint density at radius 2 is 1.58 bits per heavy atom. The van der Waals surface area contributed by atoms with Crippen LogP contribution in [0.15, 0.2) is 18.2 Å². The first kappa shape index (κ1) is 17.1. The molecule has 4 heteroatoms. The van der Waals surface area contributed by atoms with Crippen LogP contribution < -0.4 is 5.32 Å². The molecule has 2 rings (SSSR count). The van der Waals surface area contributed by atoms with E-state index in [1.54, 1.807) is 0 Å². The summed E-state index contributed by atoms with van der Waals surface area (Å²) in [5, 5.41) is 4.93. The Kier molecular flexibility index (Phi) is 8.17. The minimum absolute atomic E-state index is 0. The van der Waals surface area contributed by atoms with Gasteiger partial charge in [-0.3, -0.25) is 0 Å². The van der Waals surface area contributed by atoms with E-state index in [1.807, 2.05) is 18.2 Å². The molecule has 0 spiro atoms. The third-order valence-electron chi connectivity index (χ3n) is 3.68. The molecular weight excluding hydrogens is 301 g/mol. The molecule has 0 bridgehead atoms. The summed E-state index contributed by atoms with van der Waals surface area (Å²) in [5.74, 6) is 0. The van der Waals surface area contributed by atoms with Crippen LogP contribution in [0.1, 0.15) is 50.5 Å². The fourth-order valence-corrected chi connectivity index (χ4v) is 2.89. The molecule has 0 atom stereocenters. The molecule has 0 aliphatic heterocycles. The van der Waals surface area contributed by atoms with Crippen molar-refractivity contribution >= 4 is 35.6 Å². The monoisotopic (exact) mass is 321 g/mol. The standard InChI is InChI=1S/C15H21Cl2N.ClH/c16-14-9-8-12(10-15(14)17)11-18-13-6-4-2-1-3-5-7-13;/h8-10,13,18H,1-7,11H2;1H. The summed E-state index contributed by atoms with van der Waals surface area (Å²) < 4.78 is 0. The maximum atomic E-state index is 6.02. The van der Waals surface area contributed by atoms with E-state index in [2.05, 4.69) is 5.32 Å². The summed E-state index contributed by atoms with van der Waals surface area (Å²) in [6.07, 6.45) is 9.54. The minimum atomic E-state index is 0. The molecule has 1 aliphatic rings. The first-order valence-corrected chi connectivity index (χ1v) is 7.68. The normalized spacial score (nSPS) is 17.4. The van der Waals surface area contributed by atoms with Crippen molar-refractivity contribution < 1.29 is 0 Å². The van der Waals surface area contributed by atoms with Crippen molar-refractivity contribution in [1.82, 2.24) is 5.32 Å². The van der Waals surface area contributed by atoms with E-state index in [4.69, 9.17) is 23.2 Å². The zero-order valence-corrected chi connectivity index (χ0v) is 13.5. The molecule has 19 heavy (non-hydrogen) atoms. The van der Waals surface area contributed by atoms with E-state index in [0.717, 1.165) is 6.54 Å². The van der Waals surface area contributed by atoms with Crippen molar-refractivity contribution in [1.29, 1.82) is 0 Å². The second-order valence-electron chi connectivity index (χ2n) is 5.17. The topological polar surface area (TPSA) is 12.0 Å². The molecule has 0 amide bonds. The van der Waals surface area contributed by atoms with Crippen LogP contribution in [0.25, 0.3) is 0 Å². The molecular formula is C15H22Cl3N. The highest BCUT2D eigenvalue weighted by Crippen LogP contribution is 2.23. The van der Waals surface area contributed by atoms with E-state index < -0.39 is 0 Å². The van der Waals surface area contributed by atoms with Crippen molar-refractivity contribution in [2.75, 3.05) is 0 Å². The molecule has 1 aromatic carbocycles. The Labute approximate surface area is 132 Å². The van der Waals surface area contributed by atoms with Gasteiger partial charge in [-0.2, -0.15) is 0 Å². The van der Waals surface area contributed by atoms with Gasteiger partial charge in [0, 0.05) is 12.6 Å². The van der Waals surface area contributed by atoms with E-state index in [9.17, 15) is 0 Å². The average Bonchev–Trinajstić information content (AvgIpc) is 2.32. The van der Waals surface area contributed by atoms with Gasteiger partial charge in [-0.1, -0.05) is 61.4 Å². The smallest absolute Gasteiger partial charge is 0.0595 e. The third kappa shape index (κ3) is 5.91.